The molecule has 2 amide bonds. The Morgan fingerprint density at radius 3 is 2.58 bits per heavy atom. The van der Waals surface area contributed by atoms with Crippen LogP contribution in [0.4, 0.5) is 0 Å². The number of hydrogen-bond donors (Lipinski definition) is 3. The number of carbonyl (C=O) groups excluding carboxylic acids is 2. The number of nitrogens with one attached hydrogen (secondary N) is 2. The molecule has 2 aromatic carbocycles. The number of ether oxygens (including phenoxy) is 2. The van der Waals surface area contributed by atoms with Crippen LogP contribution in [0.5, 0.6) is 17.2 Å². The quantitative estimate of drug-likeness (QED) is 0.727. The van der Waals surface area contributed by atoms with Gasteiger partial charge in [-0.25, -0.2) is 0 Å². The van der Waals surface area contributed by atoms with Gasteiger partial charge >= 0.3 is 0 Å². The number of rotatable bonds is 4. The second-order valence-electron chi connectivity index (χ2n) is 5.95. The third-order valence-corrected chi connectivity index (χ3v) is 4.49. The Hall–Kier alpha value is -3.22. The van der Waals surface area contributed by atoms with Crippen molar-refractivity contribution in [3.8, 4) is 17.2 Å². The smallest absolute Gasteiger partial charge is 0.269 e. The molecular formula is C19H20N2O5. The van der Waals surface area contributed by atoms with Gasteiger partial charge in [-0.05, 0) is 42.7 Å². The Balaban J connectivity index is 1.67. The first kappa shape index (κ1) is 17.6. The highest BCUT2D eigenvalue weighted by molar-refractivity contribution is 5.96. The van der Waals surface area contributed by atoms with Gasteiger partial charge in [0.1, 0.15) is 5.75 Å². The van der Waals surface area contributed by atoms with Crippen LogP contribution >= 0.6 is 0 Å². The van der Waals surface area contributed by atoms with Crippen molar-refractivity contribution in [2.24, 2.45) is 0 Å². The number of hydrogen-bond acceptors (Lipinski definition) is 5. The number of methoxy groups -OCH3 is 2. The maximum absolute atomic E-state index is 12.4. The van der Waals surface area contributed by atoms with E-state index in [1.54, 1.807) is 24.3 Å². The molecule has 3 rings (SSSR count). The van der Waals surface area contributed by atoms with E-state index >= 15 is 0 Å². The van der Waals surface area contributed by atoms with Crippen LogP contribution in [0.25, 0.3) is 0 Å². The van der Waals surface area contributed by atoms with Crippen molar-refractivity contribution < 1.29 is 24.2 Å². The van der Waals surface area contributed by atoms with E-state index in [1.807, 2.05) is 6.07 Å². The van der Waals surface area contributed by atoms with Crippen molar-refractivity contribution >= 4 is 11.8 Å². The zero-order chi connectivity index (χ0) is 18.7. The van der Waals surface area contributed by atoms with E-state index in [-0.39, 0.29) is 11.7 Å². The number of aryl methyl sites for hydroxylation is 1. The van der Waals surface area contributed by atoms with Gasteiger partial charge in [-0.1, -0.05) is 12.1 Å². The number of phenolic OH excluding ortho intramolecular Hbond substituents is 1. The number of aromatic hydroxyl groups is 1. The molecule has 0 saturated carbocycles. The molecule has 136 valence electrons. The molecule has 7 heteroatoms. The van der Waals surface area contributed by atoms with E-state index in [9.17, 15) is 14.7 Å². The number of fused-ring (bicyclic) bond motifs is 1. The summed E-state index contributed by atoms with van der Waals surface area (Å²) in [6, 6.07) is 9.92. The van der Waals surface area contributed by atoms with E-state index in [2.05, 4.69) is 10.9 Å². The van der Waals surface area contributed by atoms with Crippen molar-refractivity contribution in [3.05, 3.63) is 53.1 Å². The monoisotopic (exact) mass is 356 g/mol. The lowest BCUT2D eigenvalue weighted by Gasteiger charge is -2.14. The molecule has 3 N–H and O–H groups in total. The zero-order valence-corrected chi connectivity index (χ0v) is 14.5. The van der Waals surface area contributed by atoms with Crippen LogP contribution in [-0.4, -0.2) is 31.1 Å². The zero-order valence-electron chi connectivity index (χ0n) is 14.5. The maximum Gasteiger partial charge on any atom is 0.269 e. The molecule has 1 atom stereocenters. The topological polar surface area (TPSA) is 96.9 Å². The summed E-state index contributed by atoms with van der Waals surface area (Å²) in [4.78, 5) is 24.7. The van der Waals surface area contributed by atoms with Crippen LogP contribution in [0.1, 0.15) is 33.8 Å². The Labute approximate surface area is 150 Å². The molecule has 0 aliphatic heterocycles. The number of phenols is 1. The van der Waals surface area contributed by atoms with E-state index < -0.39 is 11.8 Å². The molecular weight excluding hydrogens is 336 g/mol. The predicted molar refractivity (Wildman–Crippen MR) is 94.3 cm³/mol. The summed E-state index contributed by atoms with van der Waals surface area (Å²) in [5.74, 6) is -0.301. The first-order valence-electron chi connectivity index (χ1n) is 8.18. The lowest BCUT2D eigenvalue weighted by molar-refractivity contribution is -0.123. The number of amides is 2. The highest BCUT2D eigenvalue weighted by atomic mass is 16.5. The van der Waals surface area contributed by atoms with E-state index in [1.165, 1.54) is 20.3 Å². The number of carbonyl (C=O) groups is 2. The standard InChI is InChI=1S/C19H20N2O5/c1-25-15-9-7-12(10-16(15)26-2)18(23)20-21-19(24)13-8-6-11-4-3-5-14(22)17(11)13/h3-5,7,9-10,13,22H,6,8H2,1-2H3,(H,20,23)(H,21,24). The second kappa shape index (κ2) is 7.35. The first-order valence-corrected chi connectivity index (χ1v) is 8.18. The normalized spacial score (nSPS) is 15.1. The van der Waals surface area contributed by atoms with Crippen molar-refractivity contribution in [2.45, 2.75) is 18.8 Å². The molecule has 0 aromatic heterocycles. The van der Waals surface area contributed by atoms with Gasteiger partial charge in [-0.2, -0.15) is 0 Å². The summed E-state index contributed by atoms with van der Waals surface area (Å²) in [7, 11) is 2.98. The minimum Gasteiger partial charge on any atom is -0.508 e. The lowest BCUT2D eigenvalue weighted by atomic mass is 10.00. The number of benzene rings is 2. The average Bonchev–Trinajstić information content (AvgIpc) is 3.10. The number of hydrazine groups is 1. The van der Waals surface area contributed by atoms with Crippen LogP contribution in [0, 0.1) is 0 Å². The van der Waals surface area contributed by atoms with Crippen LogP contribution in [0.3, 0.4) is 0 Å². The molecule has 2 aromatic rings. The van der Waals surface area contributed by atoms with Gasteiger partial charge in [0.2, 0.25) is 5.91 Å². The average molecular weight is 356 g/mol. The molecule has 1 aliphatic rings. The molecule has 1 aliphatic carbocycles. The van der Waals surface area contributed by atoms with E-state index in [0.29, 0.717) is 35.5 Å². The summed E-state index contributed by atoms with van der Waals surface area (Å²) >= 11 is 0. The summed E-state index contributed by atoms with van der Waals surface area (Å²) < 4.78 is 10.3. The lowest BCUT2D eigenvalue weighted by Crippen LogP contribution is -2.43. The Morgan fingerprint density at radius 1 is 1.08 bits per heavy atom. The summed E-state index contributed by atoms with van der Waals surface area (Å²) in [6.45, 7) is 0. The van der Waals surface area contributed by atoms with Crippen molar-refractivity contribution in [2.75, 3.05) is 14.2 Å². The van der Waals surface area contributed by atoms with Crippen LogP contribution in [0.2, 0.25) is 0 Å². The third kappa shape index (κ3) is 3.28. The largest absolute Gasteiger partial charge is 0.508 e. The van der Waals surface area contributed by atoms with Gasteiger partial charge < -0.3 is 14.6 Å². The fourth-order valence-corrected chi connectivity index (χ4v) is 3.18. The van der Waals surface area contributed by atoms with Crippen LogP contribution < -0.4 is 20.3 Å². The summed E-state index contributed by atoms with van der Waals surface area (Å²) in [6.07, 6.45) is 1.30. The van der Waals surface area contributed by atoms with Crippen molar-refractivity contribution in [1.29, 1.82) is 0 Å². The maximum atomic E-state index is 12.4. The van der Waals surface area contributed by atoms with Gasteiger partial charge in [-0.15, -0.1) is 0 Å². The van der Waals surface area contributed by atoms with Gasteiger partial charge in [0, 0.05) is 11.1 Å². The first-order chi connectivity index (χ1) is 12.5. The molecule has 0 radical (unpaired) electrons. The highest BCUT2D eigenvalue weighted by Gasteiger charge is 2.31. The van der Waals surface area contributed by atoms with E-state index in [0.717, 1.165) is 5.56 Å². The molecule has 26 heavy (non-hydrogen) atoms. The molecule has 0 spiro atoms. The predicted octanol–water partition coefficient (Wildman–Crippen LogP) is 1.90. The second-order valence-corrected chi connectivity index (χ2v) is 5.95. The minimum absolute atomic E-state index is 0.103. The van der Waals surface area contributed by atoms with Gasteiger partial charge in [0.05, 0.1) is 20.1 Å². The highest BCUT2D eigenvalue weighted by Crippen LogP contribution is 2.38. The van der Waals surface area contributed by atoms with Gasteiger partial charge in [0.15, 0.2) is 11.5 Å². The SMILES string of the molecule is COc1ccc(C(=O)NNC(=O)C2CCc3cccc(O)c32)cc1OC. The molecule has 0 heterocycles. The van der Waals surface area contributed by atoms with Gasteiger partial charge in [-0.3, -0.25) is 20.4 Å². The minimum atomic E-state index is -0.489. The van der Waals surface area contributed by atoms with Crippen LogP contribution in [0.15, 0.2) is 36.4 Å². The Morgan fingerprint density at radius 2 is 1.85 bits per heavy atom. The fourth-order valence-electron chi connectivity index (χ4n) is 3.18. The molecule has 0 bridgehead atoms. The Bertz CT molecular complexity index is 850. The summed E-state index contributed by atoms with van der Waals surface area (Å²) in [5, 5.41) is 10.0. The molecule has 0 saturated heterocycles. The molecule has 7 nitrogen and oxygen atoms in total. The Kier molecular flexibility index (Phi) is 4.97. The van der Waals surface area contributed by atoms with E-state index in [4.69, 9.17) is 9.47 Å². The third-order valence-electron chi connectivity index (χ3n) is 4.49. The van der Waals surface area contributed by atoms with Crippen LogP contribution in [-0.2, 0) is 11.2 Å². The summed E-state index contributed by atoms with van der Waals surface area (Å²) in [5.41, 5.74) is 6.74. The van der Waals surface area contributed by atoms with Crippen molar-refractivity contribution in [3.63, 3.8) is 0 Å². The van der Waals surface area contributed by atoms with Crippen molar-refractivity contribution in [1.82, 2.24) is 10.9 Å². The van der Waals surface area contributed by atoms with Gasteiger partial charge in [0.25, 0.3) is 5.91 Å². The molecule has 1 unspecified atom stereocenters. The fraction of sp³-hybridized carbons (Fsp3) is 0.263. The molecule has 0 fully saturated rings.